The molecule has 5 rings (SSSR count). The summed E-state index contributed by atoms with van der Waals surface area (Å²) in [7, 11) is 0. The number of carbonyl (C=O) groups excluding carboxylic acids is 1. The quantitative estimate of drug-likeness (QED) is 0.672. The molecule has 4 bridgehead atoms. The maximum Gasteiger partial charge on any atom is 0.270 e. The molecule has 5 nitrogen and oxygen atoms in total. The van der Waals surface area contributed by atoms with E-state index in [1.165, 1.54) is 50.7 Å². The molecule has 0 aromatic heterocycles. The molecule has 4 fully saturated rings. The number of amides is 1. The fourth-order valence-corrected chi connectivity index (χ4v) is 5.90. The summed E-state index contributed by atoms with van der Waals surface area (Å²) in [4.78, 5) is 23.0. The van der Waals surface area contributed by atoms with Gasteiger partial charge in [-0.05, 0) is 74.7 Å². The van der Waals surface area contributed by atoms with E-state index in [4.69, 9.17) is 0 Å². The minimum atomic E-state index is -0.459. The van der Waals surface area contributed by atoms with Crippen LogP contribution in [-0.4, -0.2) is 16.9 Å². The molecular weight excluding hydrogens is 304 g/mol. The Balaban J connectivity index is 1.50. The SMILES string of the molecule is C[C@H](NC(=O)c1cccc([N+](=O)[O-])c1)C12CC3CC(CC(C3)C1)C2. The first-order valence-electron chi connectivity index (χ1n) is 9.00. The summed E-state index contributed by atoms with van der Waals surface area (Å²) >= 11 is 0. The fraction of sp³-hybridized carbons (Fsp3) is 0.632. The van der Waals surface area contributed by atoms with Gasteiger partial charge in [0, 0.05) is 23.7 Å². The third kappa shape index (κ3) is 2.60. The minimum absolute atomic E-state index is 0.0369. The van der Waals surface area contributed by atoms with Crippen LogP contribution >= 0.6 is 0 Å². The van der Waals surface area contributed by atoms with Gasteiger partial charge in [0.1, 0.15) is 0 Å². The summed E-state index contributed by atoms with van der Waals surface area (Å²) in [5.74, 6) is 2.33. The Kier molecular flexibility index (Phi) is 3.62. The van der Waals surface area contributed by atoms with E-state index in [0.717, 1.165) is 17.8 Å². The van der Waals surface area contributed by atoms with Crippen molar-refractivity contribution in [3.63, 3.8) is 0 Å². The number of carbonyl (C=O) groups is 1. The van der Waals surface area contributed by atoms with Gasteiger partial charge < -0.3 is 5.32 Å². The van der Waals surface area contributed by atoms with E-state index in [1.807, 2.05) is 0 Å². The zero-order chi connectivity index (χ0) is 16.9. The average Bonchev–Trinajstić information content (AvgIpc) is 2.53. The molecule has 1 aromatic carbocycles. The number of benzene rings is 1. The Hall–Kier alpha value is -1.91. The number of nitro benzene ring substituents is 1. The molecule has 0 aliphatic heterocycles. The maximum atomic E-state index is 12.6. The van der Waals surface area contributed by atoms with Gasteiger partial charge >= 0.3 is 0 Å². The molecule has 128 valence electrons. The standard InChI is InChI=1S/C19H24N2O3/c1-12(19-9-13-5-14(10-19)7-15(6-13)11-19)20-18(22)16-3-2-4-17(8-16)21(23)24/h2-4,8,12-15H,5-7,9-11H2,1H3,(H,20,22)/t12-,13?,14?,15?,19?/m0/s1. The van der Waals surface area contributed by atoms with Crippen LogP contribution in [0.3, 0.4) is 0 Å². The van der Waals surface area contributed by atoms with Crippen LogP contribution in [0.5, 0.6) is 0 Å². The van der Waals surface area contributed by atoms with Crippen LogP contribution in [-0.2, 0) is 0 Å². The highest BCUT2D eigenvalue weighted by atomic mass is 16.6. The molecule has 4 aliphatic rings. The van der Waals surface area contributed by atoms with Gasteiger partial charge in [-0.3, -0.25) is 14.9 Å². The summed E-state index contributed by atoms with van der Waals surface area (Å²) in [6.07, 6.45) is 7.83. The van der Waals surface area contributed by atoms with E-state index in [-0.39, 0.29) is 23.1 Å². The molecule has 0 unspecified atom stereocenters. The summed E-state index contributed by atoms with van der Waals surface area (Å²) in [6.45, 7) is 2.13. The lowest BCUT2D eigenvalue weighted by atomic mass is 9.48. The molecule has 0 radical (unpaired) electrons. The molecule has 1 N–H and O–H groups in total. The van der Waals surface area contributed by atoms with Crippen LogP contribution in [0.2, 0.25) is 0 Å². The van der Waals surface area contributed by atoms with Crippen LogP contribution in [0.1, 0.15) is 55.8 Å². The second kappa shape index (κ2) is 5.57. The number of hydrogen-bond donors (Lipinski definition) is 1. The highest BCUT2D eigenvalue weighted by molar-refractivity contribution is 5.95. The van der Waals surface area contributed by atoms with E-state index in [9.17, 15) is 14.9 Å². The highest BCUT2D eigenvalue weighted by Crippen LogP contribution is 2.61. The zero-order valence-corrected chi connectivity index (χ0v) is 14.0. The predicted molar refractivity (Wildman–Crippen MR) is 90.6 cm³/mol. The Bertz CT molecular complexity index is 650. The van der Waals surface area contributed by atoms with Gasteiger partial charge in [0.15, 0.2) is 0 Å². The lowest BCUT2D eigenvalue weighted by Crippen LogP contribution is -2.55. The van der Waals surface area contributed by atoms with Crippen molar-refractivity contribution in [1.82, 2.24) is 5.32 Å². The van der Waals surface area contributed by atoms with E-state index in [2.05, 4.69) is 12.2 Å². The number of hydrogen-bond acceptors (Lipinski definition) is 3. The van der Waals surface area contributed by atoms with E-state index in [1.54, 1.807) is 12.1 Å². The molecule has 4 saturated carbocycles. The molecule has 0 heterocycles. The van der Waals surface area contributed by atoms with Crippen LogP contribution in [0.15, 0.2) is 24.3 Å². The second-order valence-electron chi connectivity index (χ2n) is 8.28. The van der Waals surface area contributed by atoms with Gasteiger partial charge in [-0.2, -0.15) is 0 Å². The Morgan fingerprint density at radius 1 is 1.21 bits per heavy atom. The molecule has 1 atom stereocenters. The molecule has 5 heteroatoms. The van der Waals surface area contributed by atoms with E-state index >= 15 is 0 Å². The molecule has 0 spiro atoms. The molecule has 4 aliphatic carbocycles. The Labute approximate surface area is 142 Å². The van der Waals surface area contributed by atoms with E-state index in [0.29, 0.717) is 5.56 Å². The number of rotatable bonds is 4. The topological polar surface area (TPSA) is 72.2 Å². The van der Waals surface area contributed by atoms with Gasteiger partial charge in [-0.1, -0.05) is 6.07 Å². The maximum absolute atomic E-state index is 12.6. The van der Waals surface area contributed by atoms with Gasteiger partial charge in [-0.15, -0.1) is 0 Å². The number of non-ortho nitro benzene ring substituents is 1. The Morgan fingerprint density at radius 2 is 1.79 bits per heavy atom. The fourth-order valence-electron chi connectivity index (χ4n) is 5.90. The van der Waals surface area contributed by atoms with Crippen molar-refractivity contribution in [2.75, 3.05) is 0 Å². The van der Waals surface area contributed by atoms with Crippen molar-refractivity contribution in [3.8, 4) is 0 Å². The van der Waals surface area contributed by atoms with Crippen molar-refractivity contribution < 1.29 is 9.72 Å². The third-order valence-electron chi connectivity index (χ3n) is 6.67. The molecule has 1 aromatic rings. The Morgan fingerprint density at radius 3 is 2.33 bits per heavy atom. The first-order valence-corrected chi connectivity index (χ1v) is 9.00. The monoisotopic (exact) mass is 328 g/mol. The molecule has 24 heavy (non-hydrogen) atoms. The van der Waals surface area contributed by atoms with Crippen molar-refractivity contribution >= 4 is 11.6 Å². The van der Waals surface area contributed by atoms with Gasteiger partial charge in [-0.25, -0.2) is 0 Å². The van der Waals surface area contributed by atoms with Gasteiger partial charge in [0.05, 0.1) is 4.92 Å². The predicted octanol–water partition coefficient (Wildman–Crippen LogP) is 3.93. The van der Waals surface area contributed by atoms with Crippen molar-refractivity contribution in [2.24, 2.45) is 23.2 Å². The van der Waals surface area contributed by atoms with Gasteiger partial charge in [0.25, 0.3) is 11.6 Å². The lowest BCUT2D eigenvalue weighted by Gasteiger charge is -2.59. The third-order valence-corrected chi connectivity index (χ3v) is 6.67. The summed E-state index contributed by atoms with van der Waals surface area (Å²) < 4.78 is 0. The first kappa shape index (κ1) is 15.6. The lowest BCUT2D eigenvalue weighted by molar-refractivity contribution is -0.384. The van der Waals surface area contributed by atoms with Crippen molar-refractivity contribution in [1.29, 1.82) is 0 Å². The van der Waals surface area contributed by atoms with E-state index < -0.39 is 4.92 Å². The van der Waals surface area contributed by atoms with Crippen LogP contribution in [0.4, 0.5) is 5.69 Å². The van der Waals surface area contributed by atoms with Crippen molar-refractivity contribution in [3.05, 3.63) is 39.9 Å². The van der Waals surface area contributed by atoms with Crippen molar-refractivity contribution in [2.45, 2.75) is 51.5 Å². The average molecular weight is 328 g/mol. The highest BCUT2D eigenvalue weighted by Gasteiger charge is 2.53. The molecular formula is C19H24N2O3. The summed E-state index contributed by atoms with van der Waals surface area (Å²) in [6, 6.07) is 6.12. The molecule has 0 saturated heterocycles. The smallest absolute Gasteiger partial charge is 0.270 e. The van der Waals surface area contributed by atoms with Gasteiger partial charge in [0.2, 0.25) is 0 Å². The van der Waals surface area contributed by atoms with Crippen LogP contribution < -0.4 is 5.32 Å². The second-order valence-corrected chi connectivity index (χ2v) is 8.28. The van der Waals surface area contributed by atoms with Crippen LogP contribution in [0.25, 0.3) is 0 Å². The first-order chi connectivity index (χ1) is 11.4. The number of nitrogens with one attached hydrogen (secondary N) is 1. The van der Waals surface area contributed by atoms with Crippen LogP contribution in [0, 0.1) is 33.3 Å². The number of nitro groups is 1. The largest absolute Gasteiger partial charge is 0.349 e. The normalized spacial score (nSPS) is 34.8. The summed E-state index contributed by atoms with van der Waals surface area (Å²) in [5.41, 5.74) is 0.580. The summed E-state index contributed by atoms with van der Waals surface area (Å²) in [5, 5.41) is 14.1. The zero-order valence-electron chi connectivity index (χ0n) is 14.0. The minimum Gasteiger partial charge on any atom is -0.349 e. The molecule has 1 amide bonds. The number of nitrogens with zero attached hydrogens (tertiary/aromatic N) is 1.